The Labute approximate surface area is 88.4 Å². The molecule has 1 saturated heterocycles. The molecule has 0 aliphatic carbocycles. The lowest BCUT2D eigenvalue weighted by molar-refractivity contribution is 0.314. The van der Waals surface area contributed by atoms with Crippen LogP contribution in [-0.2, 0) is 6.42 Å². The molecule has 2 atom stereocenters. The van der Waals surface area contributed by atoms with Crippen molar-refractivity contribution >= 4 is 11.8 Å². The van der Waals surface area contributed by atoms with Gasteiger partial charge in [0.1, 0.15) is 5.76 Å². The molecule has 0 aromatic carbocycles. The minimum Gasteiger partial charge on any atom is -0.467 e. The van der Waals surface area contributed by atoms with E-state index in [-0.39, 0.29) is 0 Å². The van der Waals surface area contributed by atoms with Crippen molar-refractivity contribution in [1.29, 1.82) is 0 Å². The SMILES string of the molecule is c1cc2c(o1)C(C1CCSC1)NCC2. The third-order valence-electron chi connectivity index (χ3n) is 3.26. The first-order chi connectivity index (χ1) is 6.95. The maximum Gasteiger partial charge on any atom is 0.124 e. The first kappa shape index (κ1) is 8.86. The van der Waals surface area contributed by atoms with E-state index in [0.717, 1.165) is 18.9 Å². The zero-order chi connectivity index (χ0) is 9.38. The van der Waals surface area contributed by atoms with Crippen molar-refractivity contribution in [1.82, 2.24) is 5.32 Å². The van der Waals surface area contributed by atoms with Crippen LogP contribution in [0.25, 0.3) is 0 Å². The van der Waals surface area contributed by atoms with Gasteiger partial charge in [0.2, 0.25) is 0 Å². The molecule has 2 aliphatic rings. The third-order valence-corrected chi connectivity index (χ3v) is 4.45. The second-order valence-electron chi connectivity index (χ2n) is 4.12. The van der Waals surface area contributed by atoms with Crippen molar-refractivity contribution in [3.8, 4) is 0 Å². The number of thioether (sulfide) groups is 1. The molecule has 2 nitrogen and oxygen atoms in total. The van der Waals surface area contributed by atoms with E-state index in [1.54, 1.807) is 0 Å². The first-order valence-electron chi connectivity index (χ1n) is 5.32. The number of nitrogens with one attached hydrogen (secondary N) is 1. The van der Waals surface area contributed by atoms with Crippen molar-refractivity contribution in [2.45, 2.75) is 18.9 Å². The lowest BCUT2D eigenvalue weighted by atomic mass is 9.91. The molecule has 1 N–H and O–H groups in total. The van der Waals surface area contributed by atoms with E-state index in [9.17, 15) is 0 Å². The Morgan fingerprint density at radius 2 is 2.50 bits per heavy atom. The number of hydrogen-bond acceptors (Lipinski definition) is 3. The van der Waals surface area contributed by atoms with Crippen LogP contribution in [0.5, 0.6) is 0 Å². The molecular weight excluding hydrogens is 194 g/mol. The number of fused-ring (bicyclic) bond motifs is 1. The number of hydrogen-bond donors (Lipinski definition) is 1. The van der Waals surface area contributed by atoms with Gasteiger partial charge < -0.3 is 9.73 Å². The molecule has 3 heterocycles. The van der Waals surface area contributed by atoms with E-state index in [1.165, 1.54) is 29.3 Å². The Balaban J connectivity index is 1.88. The van der Waals surface area contributed by atoms with Crippen LogP contribution < -0.4 is 5.32 Å². The quantitative estimate of drug-likeness (QED) is 0.767. The third kappa shape index (κ3) is 1.39. The van der Waals surface area contributed by atoms with Crippen LogP contribution in [0.1, 0.15) is 23.8 Å². The highest BCUT2D eigenvalue weighted by molar-refractivity contribution is 7.99. The number of furan rings is 1. The van der Waals surface area contributed by atoms with Gasteiger partial charge in [-0.25, -0.2) is 0 Å². The van der Waals surface area contributed by atoms with Crippen LogP contribution >= 0.6 is 11.8 Å². The fraction of sp³-hybridized carbons (Fsp3) is 0.636. The summed E-state index contributed by atoms with van der Waals surface area (Å²) in [6.07, 6.45) is 4.30. The smallest absolute Gasteiger partial charge is 0.124 e. The van der Waals surface area contributed by atoms with Crippen LogP contribution in [0.3, 0.4) is 0 Å². The van der Waals surface area contributed by atoms with Crippen LogP contribution in [0, 0.1) is 5.92 Å². The van der Waals surface area contributed by atoms with Crippen LogP contribution in [0.4, 0.5) is 0 Å². The van der Waals surface area contributed by atoms with Gasteiger partial charge >= 0.3 is 0 Å². The van der Waals surface area contributed by atoms with Crippen LogP contribution in [0.2, 0.25) is 0 Å². The van der Waals surface area contributed by atoms with Crippen molar-refractivity contribution in [3.05, 3.63) is 23.7 Å². The summed E-state index contributed by atoms with van der Waals surface area (Å²) in [6.45, 7) is 1.11. The fourth-order valence-electron chi connectivity index (χ4n) is 2.48. The molecular formula is C11H15NOS. The Kier molecular flexibility index (Phi) is 2.30. The average Bonchev–Trinajstić information content (AvgIpc) is 2.88. The Hall–Kier alpha value is -0.410. The number of rotatable bonds is 1. The van der Waals surface area contributed by atoms with E-state index in [4.69, 9.17) is 4.42 Å². The Morgan fingerprint density at radius 3 is 3.36 bits per heavy atom. The predicted molar refractivity (Wildman–Crippen MR) is 58.6 cm³/mol. The highest BCUT2D eigenvalue weighted by Crippen LogP contribution is 2.37. The predicted octanol–water partition coefficient (Wildman–Crippen LogP) is 2.22. The molecule has 3 heteroatoms. The summed E-state index contributed by atoms with van der Waals surface area (Å²) in [5.74, 6) is 4.60. The molecule has 2 unspecified atom stereocenters. The molecule has 1 aromatic rings. The largest absolute Gasteiger partial charge is 0.467 e. The first-order valence-corrected chi connectivity index (χ1v) is 6.48. The summed E-state index contributed by atoms with van der Waals surface area (Å²) in [5.41, 5.74) is 1.42. The van der Waals surface area contributed by atoms with Gasteiger partial charge in [0.25, 0.3) is 0 Å². The van der Waals surface area contributed by atoms with E-state index < -0.39 is 0 Å². The standard InChI is InChI=1S/C11H15NOS/c1-4-12-10(9-3-6-14-7-9)11-8(1)2-5-13-11/h2,5,9-10,12H,1,3-4,6-7H2. The van der Waals surface area contributed by atoms with Crippen LogP contribution in [0.15, 0.2) is 16.7 Å². The van der Waals surface area contributed by atoms with Gasteiger partial charge in [-0.2, -0.15) is 11.8 Å². The second-order valence-corrected chi connectivity index (χ2v) is 5.27. The van der Waals surface area contributed by atoms with Crippen molar-refractivity contribution < 1.29 is 4.42 Å². The van der Waals surface area contributed by atoms with Gasteiger partial charge in [0.05, 0.1) is 12.3 Å². The molecule has 76 valence electrons. The molecule has 0 saturated carbocycles. The van der Waals surface area contributed by atoms with Crippen molar-refractivity contribution in [2.24, 2.45) is 5.92 Å². The highest BCUT2D eigenvalue weighted by Gasteiger charge is 2.32. The van der Waals surface area contributed by atoms with Gasteiger partial charge in [-0.05, 0) is 48.4 Å². The molecule has 0 radical (unpaired) electrons. The minimum atomic E-state index is 0.490. The summed E-state index contributed by atoms with van der Waals surface area (Å²) >= 11 is 2.07. The maximum absolute atomic E-state index is 5.61. The Morgan fingerprint density at radius 1 is 1.50 bits per heavy atom. The molecule has 2 aliphatic heterocycles. The lowest BCUT2D eigenvalue weighted by Crippen LogP contribution is -2.34. The summed E-state index contributed by atoms with van der Waals surface area (Å²) in [4.78, 5) is 0. The van der Waals surface area contributed by atoms with E-state index in [0.29, 0.717) is 6.04 Å². The fourth-order valence-corrected chi connectivity index (χ4v) is 3.78. The summed E-state index contributed by atoms with van der Waals surface area (Å²) in [6, 6.07) is 2.62. The maximum atomic E-state index is 5.61. The van der Waals surface area contributed by atoms with Gasteiger partial charge in [-0.3, -0.25) is 0 Å². The van der Waals surface area contributed by atoms with E-state index in [1.807, 2.05) is 6.26 Å². The molecule has 1 aromatic heterocycles. The van der Waals surface area contributed by atoms with Crippen molar-refractivity contribution in [3.63, 3.8) is 0 Å². The molecule has 0 amide bonds. The molecule has 3 rings (SSSR count). The second kappa shape index (κ2) is 3.63. The van der Waals surface area contributed by atoms with Gasteiger partial charge in [-0.15, -0.1) is 0 Å². The lowest BCUT2D eigenvalue weighted by Gasteiger charge is -2.27. The Bertz CT molecular complexity index is 317. The summed E-state index contributed by atoms with van der Waals surface area (Å²) < 4.78 is 5.61. The summed E-state index contributed by atoms with van der Waals surface area (Å²) in [7, 11) is 0. The highest BCUT2D eigenvalue weighted by atomic mass is 32.2. The van der Waals surface area contributed by atoms with Gasteiger partial charge in [0.15, 0.2) is 0 Å². The zero-order valence-electron chi connectivity index (χ0n) is 8.16. The zero-order valence-corrected chi connectivity index (χ0v) is 8.98. The summed E-state index contributed by atoms with van der Waals surface area (Å²) in [5, 5.41) is 3.60. The molecule has 14 heavy (non-hydrogen) atoms. The normalized spacial score (nSPS) is 31.7. The molecule has 1 fully saturated rings. The minimum absolute atomic E-state index is 0.490. The molecule has 0 bridgehead atoms. The van der Waals surface area contributed by atoms with Crippen LogP contribution in [-0.4, -0.2) is 18.1 Å². The van der Waals surface area contributed by atoms with Crippen molar-refractivity contribution in [2.75, 3.05) is 18.1 Å². The topological polar surface area (TPSA) is 25.2 Å². The average molecular weight is 209 g/mol. The van der Waals surface area contributed by atoms with E-state index in [2.05, 4.69) is 23.1 Å². The van der Waals surface area contributed by atoms with Gasteiger partial charge in [0, 0.05) is 0 Å². The van der Waals surface area contributed by atoms with Gasteiger partial charge in [-0.1, -0.05) is 0 Å². The monoisotopic (exact) mass is 209 g/mol. The van der Waals surface area contributed by atoms with E-state index >= 15 is 0 Å². The molecule has 0 spiro atoms.